The molecule has 0 saturated heterocycles. The van der Waals surface area contributed by atoms with Gasteiger partial charge in [0.05, 0.1) is 15.5 Å². The van der Waals surface area contributed by atoms with E-state index in [-0.39, 0.29) is 32.0 Å². The van der Waals surface area contributed by atoms with Crippen LogP contribution in [0.25, 0.3) is 5.69 Å². The third-order valence-corrected chi connectivity index (χ3v) is 7.08. The van der Waals surface area contributed by atoms with Crippen molar-refractivity contribution in [3.05, 3.63) is 83.8 Å². The molecule has 2 rings (SSSR count). The highest BCUT2D eigenvalue weighted by Crippen LogP contribution is 2.35. The first-order chi connectivity index (χ1) is 16.5. The van der Waals surface area contributed by atoms with Crippen LogP contribution in [0.2, 0.25) is 5.02 Å². The number of nitrogens with one attached hydrogen (secondary N) is 1. The molecule has 35 heavy (non-hydrogen) atoms. The number of aryl methyl sites for hydroxylation is 1. The standard InChI is InChI=1S/C24H29ClF2N4O3S/c1-6-9-17-12-18(22(26)27)20(13-19(17)25)30-23(32)28-29-24(30)35-21(16(5)31(33)34)11-8-10-15(4)14(3)7-2/h8,11-14,22H,4,6-7,9-10H2,1-3,5H3,(H,28,32)/b11-8?,21-16-. The van der Waals surface area contributed by atoms with Gasteiger partial charge in [0.25, 0.3) is 12.1 Å². The maximum atomic E-state index is 14.0. The Morgan fingerprint density at radius 2 is 2.09 bits per heavy atom. The van der Waals surface area contributed by atoms with Crippen LogP contribution >= 0.6 is 23.4 Å². The summed E-state index contributed by atoms with van der Waals surface area (Å²) in [6, 6.07) is 2.60. The number of aromatic amines is 1. The van der Waals surface area contributed by atoms with E-state index >= 15 is 0 Å². The summed E-state index contributed by atoms with van der Waals surface area (Å²) in [4.78, 5) is 23.8. The monoisotopic (exact) mass is 526 g/mol. The van der Waals surface area contributed by atoms with E-state index in [9.17, 15) is 23.7 Å². The SMILES string of the molecule is C=C(CC=C/C(Sc1n[nH]c(=O)n1-c1cc(Cl)c(CCC)cc1C(F)F)=C(\C)[N+](=O)[O-])C(C)CC. The minimum absolute atomic E-state index is 0.0298. The third-order valence-electron chi connectivity index (χ3n) is 5.62. The molecule has 0 aliphatic carbocycles. The van der Waals surface area contributed by atoms with Crippen molar-refractivity contribution in [3.63, 3.8) is 0 Å². The number of nitrogens with zero attached hydrogens (tertiary/aromatic N) is 3. The van der Waals surface area contributed by atoms with Gasteiger partial charge in [-0.15, -0.1) is 5.10 Å². The Balaban J connectivity index is 2.55. The molecule has 1 heterocycles. The molecule has 11 heteroatoms. The third kappa shape index (κ3) is 7.14. The summed E-state index contributed by atoms with van der Waals surface area (Å²) in [5.41, 5.74) is 0.0901. The van der Waals surface area contributed by atoms with Crippen LogP contribution in [-0.2, 0) is 6.42 Å². The van der Waals surface area contributed by atoms with E-state index in [4.69, 9.17) is 11.6 Å². The molecular formula is C24H29ClF2N4O3S. The van der Waals surface area contributed by atoms with Gasteiger partial charge in [0.1, 0.15) is 0 Å². The van der Waals surface area contributed by atoms with Crippen LogP contribution < -0.4 is 5.69 Å². The number of allylic oxidation sites excluding steroid dienone is 4. The molecule has 1 N–H and O–H groups in total. The van der Waals surface area contributed by atoms with Crippen molar-refractivity contribution in [2.75, 3.05) is 0 Å². The fourth-order valence-electron chi connectivity index (χ4n) is 3.24. The molecule has 1 unspecified atom stereocenters. The minimum Gasteiger partial charge on any atom is -0.259 e. The van der Waals surface area contributed by atoms with E-state index in [2.05, 4.69) is 16.8 Å². The second-order valence-corrected chi connectivity index (χ2v) is 9.50. The molecule has 190 valence electrons. The Kier molecular flexibility index (Phi) is 10.5. The van der Waals surface area contributed by atoms with E-state index in [1.165, 1.54) is 19.1 Å². The molecule has 0 saturated carbocycles. The van der Waals surface area contributed by atoms with Gasteiger partial charge in [0.15, 0.2) is 0 Å². The molecule has 2 aromatic rings. The maximum absolute atomic E-state index is 14.0. The molecule has 0 bridgehead atoms. The molecule has 0 aliphatic rings. The first kappa shape index (κ1) is 28.5. The fourth-order valence-corrected chi connectivity index (χ4v) is 4.44. The summed E-state index contributed by atoms with van der Waals surface area (Å²) in [6.45, 7) is 11.4. The van der Waals surface area contributed by atoms with Crippen LogP contribution in [0.3, 0.4) is 0 Å². The molecular weight excluding hydrogens is 498 g/mol. The van der Waals surface area contributed by atoms with Gasteiger partial charge in [-0.05, 0) is 60.7 Å². The smallest absolute Gasteiger partial charge is 0.259 e. The summed E-state index contributed by atoms with van der Waals surface area (Å²) >= 11 is 7.15. The predicted molar refractivity (Wildman–Crippen MR) is 136 cm³/mol. The van der Waals surface area contributed by atoms with Gasteiger partial charge in [0.2, 0.25) is 5.16 Å². The van der Waals surface area contributed by atoms with Gasteiger partial charge in [-0.2, -0.15) is 0 Å². The highest BCUT2D eigenvalue weighted by atomic mass is 35.5. The minimum atomic E-state index is -2.88. The highest BCUT2D eigenvalue weighted by molar-refractivity contribution is 8.03. The van der Waals surface area contributed by atoms with Crippen molar-refractivity contribution in [1.29, 1.82) is 0 Å². The first-order valence-electron chi connectivity index (χ1n) is 11.2. The van der Waals surface area contributed by atoms with Crippen molar-refractivity contribution < 1.29 is 13.7 Å². The van der Waals surface area contributed by atoms with Gasteiger partial charge < -0.3 is 0 Å². The van der Waals surface area contributed by atoms with E-state index in [1.807, 2.05) is 20.8 Å². The molecule has 1 atom stereocenters. The number of aromatic nitrogens is 3. The van der Waals surface area contributed by atoms with Crippen molar-refractivity contribution in [1.82, 2.24) is 14.8 Å². The Morgan fingerprint density at radius 1 is 1.40 bits per heavy atom. The highest BCUT2D eigenvalue weighted by Gasteiger charge is 2.23. The first-order valence-corrected chi connectivity index (χ1v) is 12.4. The van der Waals surface area contributed by atoms with Crippen molar-refractivity contribution in [2.24, 2.45) is 5.92 Å². The maximum Gasteiger partial charge on any atom is 0.348 e. The zero-order chi connectivity index (χ0) is 26.3. The second kappa shape index (κ2) is 12.8. The predicted octanol–water partition coefficient (Wildman–Crippen LogP) is 7.25. The number of alkyl halides is 2. The average Bonchev–Trinajstić information content (AvgIpc) is 3.17. The number of rotatable bonds is 12. The van der Waals surface area contributed by atoms with Gasteiger partial charge in [-0.3, -0.25) is 10.1 Å². The lowest BCUT2D eigenvalue weighted by Gasteiger charge is -2.14. The fraction of sp³-hybridized carbons (Fsp3) is 0.417. The molecule has 7 nitrogen and oxygen atoms in total. The number of hydrogen-bond acceptors (Lipinski definition) is 5. The van der Waals surface area contributed by atoms with Crippen LogP contribution in [0, 0.1) is 16.0 Å². The van der Waals surface area contributed by atoms with Gasteiger partial charge >= 0.3 is 5.69 Å². The van der Waals surface area contributed by atoms with Crippen LogP contribution in [0.15, 0.2) is 57.0 Å². The molecule has 0 radical (unpaired) electrons. The number of H-pyrrole nitrogens is 1. The largest absolute Gasteiger partial charge is 0.348 e. The quantitative estimate of drug-likeness (QED) is 0.103. The summed E-state index contributed by atoms with van der Waals surface area (Å²) in [5, 5.41) is 17.9. The van der Waals surface area contributed by atoms with E-state index in [0.29, 0.717) is 30.7 Å². The Labute approximate surface area is 212 Å². The molecule has 0 amide bonds. The average molecular weight is 527 g/mol. The number of halogens is 3. The lowest BCUT2D eigenvalue weighted by atomic mass is 9.97. The number of nitro groups is 1. The van der Waals surface area contributed by atoms with Crippen LogP contribution in [0.1, 0.15) is 64.5 Å². The summed E-state index contributed by atoms with van der Waals surface area (Å²) in [7, 11) is 0. The second-order valence-electron chi connectivity index (χ2n) is 8.08. The van der Waals surface area contributed by atoms with Crippen molar-refractivity contribution in [2.45, 2.75) is 65.0 Å². The lowest BCUT2D eigenvalue weighted by Crippen LogP contribution is -2.18. The van der Waals surface area contributed by atoms with Crippen LogP contribution in [0.4, 0.5) is 8.78 Å². The van der Waals surface area contributed by atoms with Gasteiger partial charge in [0, 0.05) is 17.5 Å². The normalized spacial score (nSPS) is 13.4. The number of benzene rings is 1. The summed E-state index contributed by atoms with van der Waals surface area (Å²) in [5.74, 6) is 0.293. The Hall–Kier alpha value is -2.72. The molecule has 0 aliphatic heterocycles. The van der Waals surface area contributed by atoms with Crippen LogP contribution in [0.5, 0.6) is 0 Å². The van der Waals surface area contributed by atoms with Gasteiger partial charge in [-0.1, -0.05) is 57.0 Å². The van der Waals surface area contributed by atoms with E-state index in [0.717, 1.165) is 28.3 Å². The number of thioether (sulfide) groups is 1. The zero-order valence-electron chi connectivity index (χ0n) is 20.1. The summed E-state index contributed by atoms with van der Waals surface area (Å²) in [6.07, 6.45) is 3.08. The lowest BCUT2D eigenvalue weighted by molar-refractivity contribution is -0.424. The number of hydrogen-bond donors (Lipinski definition) is 1. The summed E-state index contributed by atoms with van der Waals surface area (Å²) < 4.78 is 28.9. The van der Waals surface area contributed by atoms with E-state index in [1.54, 1.807) is 12.2 Å². The topological polar surface area (TPSA) is 93.8 Å². The van der Waals surface area contributed by atoms with Crippen LogP contribution in [-0.4, -0.2) is 19.7 Å². The molecule has 1 aromatic carbocycles. The van der Waals surface area contributed by atoms with E-state index < -0.39 is 17.0 Å². The Bertz CT molecular complexity index is 1200. The molecule has 0 spiro atoms. The van der Waals surface area contributed by atoms with Crippen molar-refractivity contribution >= 4 is 23.4 Å². The zero-order valence-corrected chi connectivity index (χ0v) is 21.7. The van der Waals surface area contributed by atoms with Crippen molar-refractivity contribution in [3.8, 4) is 5.69 Å². The van der Waals surface area contributed by atoms with Gasteiger partial charge in [-0.25, -0.2) is 23.2 Å². The Morgan fingerprint density at radius 3 is 2.66 bits per heavy atom. The molecule has 1 aromatic heterocycles. The molecule has 0 fully saturated rings.